The van der Waals surface area contributed by atoms with Gasteiger partial charge in [-0.05, 0) is 30.3 Å². The van der Waals surface area contributed by atoms with E-state index in [0.717, 1.165) is 0 Å². The van der Waals surface area contributed by atoms with E-state index in [0.29, 0.717) is 34.8 Å². The summed E-state index contributed by atoms with van der Waals surface area (Å²) in [7, 11) is 0. The molecule has 140 valence electrons. The molecule has 0 unspecified atom stereocenters. The van der Waals surface area contributed by atoms with Gasteiger partial charge in [-0.25, -0.2) is 0 Å². The number of nitrogens with zero attached hydrogens (tertiary/aromatic N) is 2. The Labute approximate surface area is 160 Å². The van der Waals surface area contributed by atoms with Gasteiger partial charge in [0, 0.05) is 12.1 Å². The smallest absolute Gasteiger partial charge is 0.299 e. The number of benzene rings is 2. The first-order valence-electron chi connectivity index (χ1n) is 8.68. The van der Waals surface area contributed by atoms with Crippen molar-refractivity contribution in [2.24, 2.45) is 0 Å². The number of ketones is 2. The minimum absolute atomic E-state index is 0.0741. The maximum atomic E-state index is 12.8. The first kappa shape index (κ1) is 17.7. The van der Waals surface area contributed by atoms with Gasteiger partial charge >= 0.3 is 0 Å². The Balaban J connectivity index is 1.63. The number of Topliss-reactive ketones (excluding diaryl/α,β-unsaturated/α-hetero) is 2. The number of amides is 2. The lowest BCUT2D eigenvalue weighted by atomic mass is 10.1. The number of anilines is 2. The van der Waals surface area contributed by atoms with Crippen LogP contribution in [0, 0.1) is 0 Å². The molecule has 4 rings (SSSR count). The topological polar surface area (TPSA) is 84.0 Å². The standard InChI is InChI=1S/C21H16N2O5/c1-2-9-22-16-10-13(7-8-18(16)28-12-19(22)25)17(24)11-23-15-6-4-3-5-14(15)20(26)21(23)27/h2-8,10H,1,9,11-12H2. The largest absolute Gasteiger partial charge is 0.482 e. The number of rotatable bonds is 5. The van der Waals surface area contributed by atoms with Crippen molar-refractivity contribution in [3.8, 4) is 5.75 Å². The first-order valence-corrected chi connectivity index (χ1v) is 8.68. The van der Waals surface area contributed by atoms with Crippen molar-refractivity contribution in [3.05, 3.63) is 66.2 Å². The summed E-state index contributed by atoms with van der Waals surface area (Å²) in [5.74, 6) is -1.43. The lowest BCUT2D eigenvalue weighted by Crippen LogP contribution is -2.39. The number of para-hydroxylation sites is 1. The van der Waals surface area contributed by atoms with Crippen LogP contribution in [0.4, 0.5) is 11.4 Å². The second-order valence-electron chi connectivity index (χ2n) is 6.42. The molecule has 2 aromatic rings. The van der Waals surface area contributed by atoms with Crippen LogP contribution in [0.5, 0.6) is 5.75 Å². The SMILES string of the molecule is C=CCN1C(=O)COc2ccc(C(=O)CN3C(=O)C(=O)c4ccccc43)cc21. The van der Waals surface area contributed by atoms with E-state index < -0.39 is 11.7 Å². The number of carbonyl (C=O) groups excluding carboxylic acids is 4. The van der Waals surface area contributed by atoms with Gasteiger partial charge in [0.1, 0.15) is 5.75 Å². The van der Waals surface area contributed by atoms with Gasteiger partial charge in [0.15, 0.2) is 12.4 Å². The third-order valence-electron chi connectivity index (χ3n) is 4.72. The molecule has 0 fully saturated rings. The molecule has 0 radical (unpaired) electrons. The molecule has 0 atom stereocenters. The van der Waals surface area contributed by atoms with E-state index in [2.05, 4.69) is 6.58 Å². The van der Waals surface area contributed by atoms with E-state index in [9.17, 15) is 19.2 Å². The van der Waals surface area contributed by atoms with E-state index in [4.69, 9.17) is 4.74 Å². The fourth-order valence-electron chi connectivity index (χ4n) is 3.34. The van der Waals surface area contributed by atoms with E-state index >= 15 is 0 Å². The molecule has 0 aliphatic carbocycles. The maximum Gasteiger partial charge on any atom is 0.299 e. The fraction of sp³-hybridized carbons (Fsp3) is 0.143. The Kier molecular flexibility index (Phi) is 4.27. The average molecular weight is 376 g/mol. The predicted molar refractivity (Wildman–Crippen MR) is 102 cm³/mol. The van der Waals surface area contributed by atoms with Crippen molar-refractivity contribution in [2.75, 3.05) is 29.5 Å². The number of hydrogen-bond acceptors (Lipinski definition) is 5. The second kappa shape index (κ2) is 6.77. The predicted octanol–water partition coefficient (Wildman–Crippen LogP) is 2.01. The summed E-state index contributed by atoms with van der Waals surface area (Å²) in [6, 6.07) is 11.3. The zero-order valence-electron chi connectivity index (χ0n) is 14.9. The Bertz CT molecular complexity index is 1040. The third-order valence-corrected chi connectivity index (χ3v) is 4.72. The highest BCUT2D eigenvalue weighted by Crippen LogP contribution is 2.34. The van der Waals surface area contributed by atoms with Crippen LogP contribution in [-0.2, 0) is 9.59 Å². The number of carbonyl (C=O) groups is 4. The second-order valence-corrected chi connectivity index (χ2v) is 6.42. The monoisotopic (exact) mass is 376 g/mol. The zero-order valence-corrected chi connectivity index (χ0v) is 14.9. The van der Waals surface area contributed by atoms with Crippen molar-refractivity contribution < 1.29 is 23.9 Å². The highest BCUT2D eigenvalue weighted by atomic mass is 16.5. The summed E-state index contributed by atoms with van der Waals surface area (Å²) in [5.41, 5.74) is 1.51. The Morgan fingerprint density at radius 1 is 1.07 bits per heavy atom. The Morgan fingerprint density at radius 3 is 2.64 bits per heavy atom. The molecule has 0 N–H and O–H groups in total. The van der Waals surface area contributed by atoms with Crippen LogP contribution in [0.25, 0.3) is 0 Å². The highest BCUT2D eigenvalue weighted by Gasteiger charge is 2.36. The lowest BCUT2D eigenvalue weighted by molar-refractivity contribution is -0.121. The molecule has 2 aromatic carbocycles. The third kappa shape index (κ3) is 2.77. The fourth-order valence-corrected chi connectivity index (χ4v) is 3.34. The molecule has 0 spiro atoms. The van der Waals surface area contributed by atoms with Gasteiger partial charge in [-0.15, -0.1) is 6.58 Å². The Morgan fingerprint density at radius 2 is 1.86 bits per heavy atom. The van der Waals surface area contributed by atoms with Crippen molar-refractivity contribution in [2.45, 2.75) is 0 Å². The molecule has 2 amide bonds. The summed E-state index contributed by atoms with van der Waals surface area (Å²) in [6.45, 7) is 3.60. The van der Waals surface area contributed by atoms with Gasteiger partial charge in [-0.2, -0.15) is 0 Å². The molecular weight excluding hydrogens is 360 g/mol. The van der Waals surface area contributed by atoms with Crippen molar-refractivity contribution in [1.82, 2.24) is 0 Å². The van der Waals surface area contributed by atoms with Crippen LogP contribution in [-0.4, -0.2) is 43.1 Å². The van der Waals surface area contributed by atoms with Crippen molar-refractivity contribution in [3.63, 3.8) is 0 Å². The van der Waals surface area contributed by atoms with Crippen LogP contribution in [0.3, 0.4) is 0 Å². The minimum Gasteiger partial charge on any atom is -0.482 e. The summed E-state index contributed by atoms with van der Waals surface area (Å²) < 4.78 is 5.41. The van der Waals surface area contributed by atoms with Crippen LogP contribution in [0.1, 0.15) is 20.7 Å². The van der Waals surface area contributed by atoms with E-state index in [1.165, 1.54) is 9.80 Å². The average Bonchev–Trinajstić information content (AvgIpc) is 2.95. The summed E-state index contributed by atoms with van der Waals surface area (Å²) in [5, 5.41) is 0. The van der Waals surface area contributed by atoms with Crippen LogP contribution in [0.2, 0.25) is 0 Å². The van der Waals surface area contributed by atoms with Crippen molar-refractivity contribution >= 4 is 34.8 Å². The van der Waals surface area contributed by atoms with Gasteiger partial charge < -0.3 is 9.64 Å². The summed E-state index contributed by atoms with van der Waals surface area (Å²) >= 11 is 0. The summed E-state index contributed by atoms with van der Waals surface area (Å²) in [4.78, 5) is 52.0. The number of hydrogen-bond donors (Lipinski definition) is 0. The molecule has 2 heterocycles. The van der Waals surface area contributed by atoms with Crippen LogP contribution < -0.4 is 14.5 Å². The molecule has 0 aromatic heterocycles. The molecular formula is C21H16N2O5. The van der Waals surface area contributed by atoms with Crippen LogP contribution >= 0.6 is 0 Å². The number of ether oxygens (including phenoxy) is 1. The Hall–Kier alpha value is -3.74. The van der Waals surface area contributed by atoms with Gasteiger partial charge in [-0.3, -0.25) is 24.1 Å². The van der Waals surface area contributed by atoms with Gasteiger partial charge in [0.25, 0.3) is 17.6 Å². The van der Waals surface area contributed by atoms with Gasteiger partial charge in [0.05, 0.1) is 23.5 Å². The molecule has 28 heavy (non-hydrogen) atoms. The molecule has 2 aliphatic heterocycles. The normalized spacial score (nSPS) is 15.2. The molecule has 2 aliphatic rings. The minimum atomic E-state index is -0.723. The number of fused-ring (bicyclic) bond motifs is 2. The molecule has 0 saturated heterocycles. The van der Waals surface area contributed by atoms with Gasteiger partial charge in [0.2, 0.25) is 0 Å². The van der Waals surface area contributed by atoms with Crippen LogP contribution in [0.15, 0.2) is 55.1 Å². The lowest BCUT2D eigenvalue weighted by Gasteiger charge is -2.29. The highest BCUT2D eigenvalue weighted by molar-refractivity contribution is 6.52. The zero-order chi connectivity index (χ0) is 19.8. The molecule has 7 nitrogen and oxygen atoms in total. The van der Waals surface area contributed by atoms with Gasteiger partial charge in [-0.1, -0.05) is 18.2 Å². The summed E-state index contributed by atoms with van der Waals surface area (Å²) in [6.07, 6.45) is 1.59. The van der Waals surface area contributed by atoms with E-state index in [-0.39, 0.29) is 24.8 Å². The van der Waals surface area contributed by atoms with Crippen molar-refractivity contribution in [1.29, 1.82) is 0 Å². The van der Waals surface area contributed by atoms with E-state index in [1.54, 1.807) is 48.5 Å². The molecule has 7 heteroatoms. The first-order chi connectivity index (χ1) is 13.5. The maximum absolute atomic E-state index is 12.8. The van der Waals surface area contributed by atoms with E-state index in [1.807, 2.05) is 0 Å². The quantitative estimate of drug-likeness (QED) is 0.453. The molecule has 0 bridgehead atoms. The molecule has 0 saturated carbocycles.